The third-order valence-electron chi connectivity index (χ3n) is 4.43. The van der Waals surface area contributed by atoms with Gasteiger partial charge in [0, 0.05) is 26.7 Å². The highest BCUT2D eigenvalue weighted by Crippen LogP contribution is 2.34. The van der Waals surface area contributed by atoms with E-state index in [2.05, 4.69) is 5.32 Å². The Balaban J connectivity index is 1.73. The molecule has 0 atom stereocenters. The first-order valence-electron chi connectivity index (χ1n) is 8.65. The Morgan fingerprint density at radius 1 is 0.750 bits per heavy atom. The van der Waals surface area contributed by atoms with E-state index >= 15 is 0 Å². The fourth-order valence-electron chi connectivity index (χ4n) is 3.07. The van der Waals surface area contributed by atoms with E-state index in [9.17, 15) is 0 Å². The monoisotopic (exact) mass is 405 g/mol. The van der Waals surface area contributed by atoms with E-state index in [1.165, 1.54) is 0 Å². The predicted octanol–water partition coefficient (Wildman–Crippen LogP) is 7.09. The lowest BCUT2D eigenvalue weighted by Crippen LogP contribution is -1.98. The molecule has 0 aliphatic heterocycles. The number of rotatable bonds is 3. The van der Waals surface area contributed by atoms with Crippen LogP contribution in [-0.2, 0) is 0 Å². The van der Waals surface area contributed by atoms with Crippen molar-refractivity contribution in [3.8, 4) is 11.4 Å². The summed E-state index contributed by atoms with van der Waals surface area (Å²) in [4.78, 5) is 9.49. The SMILES string of the molecule is Clc1ccc(Nc2nc(-c3ccc(Cl)cc3)nc3c2oc2ccccc23)cc1. The minimum absolute atomic E-state index is 0.590. The first kappa shape index (κ1) is 17.0. The van der Waals surface area contributed by atoms with Crippen molar-refractivity contribution in [2.75, 3.05) is 5.32 Å². The van der Waals surface area contributed by atoms with Crippen molar-refractivity contribution >= 4 is 56.8 Å². The molecular formula is C22H13Cl2N3O. The Labute approximate surface area is 170 Å². The molecule has 0 bridgehead atoms. The Bertz CT molecular complexity index is 1300. The number of para-hydroxylation sites is 1. The normalized spacial score (nSPS) is 11.2. The summed E-state index contributed by atoms with van der Waals surface area (Å²) in [5, 5.41) is 5.60. The van der Waals surface area contributed by atoms with Crippen LogP contribution in [0.15, 0.2) is 77.2 Å². The van der Waals surface area contributed by atoms with Gasteiger partial charge in [0.1, 0.15) is 11.1 Å². The second-order valence-corrected chi connectivity index (χ2v) is 7.18. The molecule has 0 amide bonds. The summed E-state index contributed by atoms with van der Waals surface area (Å²) in [5.41, 5.74) is 3.85. The van der Waals surface area contributed by atoms with Gasteiger partial charge in [0.2, 0.25) is 0 Å². The molecule has 136 valence electrons. The molecule has 2 heterocycles. The lowest BCUT2D eigenvalue weighted by Gasteiger charge is -2.08. The highest BCUT2D eigenvalue weighted by Gasteiger charge is 2.16. The summed E-state index contributed by atoms with van der Waals surface area (Å²) in [6.45, 7) is 0. The minimum Gasteiger partial charge on any atom is -0.450 e. The first-order valence-corrected chi connectivity index (χ1v) is 9.41. The van der Waals surface area contributed by atoms with E-state index in [1.807, 2.05) is 72.8 Å². The van der Waals surface area contributed by atoms with Crippen molar-refractivity contribution in [3.63, 3.8) is 0 Å². The van der Waals surface area contributed by atoms with Gasteiger partial charge in [-0.3, -0.25) is 0 Å². The van der Waals surface area contributed by atoms with Gasteiger partial charge in [-0.2, -0.15) is 0 Å². The second-order valence-electron chi connectivity index (χ2n) is 6.31. The molecule has 6 heteroatoms. The van der Waals surface area contributed by atoms with Gasteiger partial charge >= 0.3 is 0 Å². The van der Waals surface area contributed by atoms with Crippen LogP contribution in [0.2, 0.25) is 10.0 Å². The Hall–Kier alpha value is -3.08. The maximum atomic E-state index is 6.05. The van der Waals surface area contributed by atoms with Crippen molar-refractivity contribution in [2.45, 2.75) is 0 Å². The maximum absolute atomic E-state index is 6.05. The molecule has 1 N–H and O–H groups in total. The van der Waals surface area contributed by atoms with Crippen molar-refractivity contribution in [1.29, 1.82) is 0 Å². The molecule has 5 aromatic rings. The molecule has 0 aliphatic rings. The molecule has 0 spiro atoms. The lowest BCUT2D eigenvalue weighted by molar-refractivity contribution is 0.667. The van der Waals surface area contributed by atoms with Crippen LogP contribution in [0.5, 0.6) is 0 Å². The number of benzene rings is 3. The first-order chi connectivity index (χ1) is 13.7. The molecule has 4 nitrogen and oxygen atoms in total. The van der Waals surface area contributed by atoms with Crippen molar-refractivity contribution in [2.24, 2.45) is 0 Å². The average Bonchev–Trinajstić information content (AvgIpc) is 3.09. The standard InChI is InChI=1S/C22H13Cl2N3O/c23-14-7-5-13(6-8-14)21-26-19-17-3-1-2-4-18(17)28-20(19)22(27-21)25-16-11-9-15(24)10-12-16/h1-12H,(H,25,26,27). The molecule has 0 radical (unpaired) electrons. The van der Waals surface area contributed by atoms with Crippen LogP contribution in [0.3, 0.4) is 0 Å². The average molecular weight is 406 g/mol. The van der Waals surface area contributed by atoms with Crippen LogP contribution in [0.25, 0.3) is 33.5 Å². The smallest absolute Gasteiger partial charge is 0.196 e. The number of hydrogen-bond donors (Lipinski definition) is 1. The summed E-state index contributed by atoms with van der Waals surface area (Å²) in [5.74, 6) is 1.18. The second kappa shape index (κ2) is 6.82. The third kappa shape index (κ3) is 3.07. The van der Waals surface area contributed by atoms with Crippen molar-refractivity contribution < 1.29 is 4.42 Å². The number of aromatic nitrogens is 2. The highest BCUT2D eigenvalue weighted by atomic mass is 35.5. The lowest BCUT2D eigenvalue weighted by atomic mass is 10.2. The summed E-state index contributed by atoms with van der Waals surface area (Å²) in [6, 6.07) is 22.7. The summed E-state index contributed by atoms with van der Waals surface area (Å²) >= 11 is 12.0. The molecule has 2 aromatic heterocycles. The van der Waals surface area contributed by atoms with Crippen LogP contribution in [0.4, 0.5) is 11.5 Å². The Kier molecular flexibility index (Phi) is 4.15. The quantitative estimate of drug-likeness (QED) is 0.347. The van der Waals surface area contributed by atoms with Gasteiger partial charge < -0.3 is 9.73 Å². The Morgan fingerprint density at radius 2 is 1.43 bits per heavy atom. The zero-order chi connectivity index (χ0) is 19.1. The van der Waals surface area contributed by atoms with E-state index in [0.29, 0.717) is 27.3 Å². The summed E-state index contributed by atoms with van der Waals surface area (Å²) in [7, 11) is 0. The van der Waals surface area contributed by atoms with Gasteiger partial charge in [-0.25, -0.2) is 9.97 Å². The maximum Gasteiger partial charge on any atom is 0.196 e. The van der Waals surface area contributed by atoms with E-state index < -0.39 is 0 Å². The van der Waals surface area contributed by atoms with Crippen LogP contribution in [0.1, 0.15) is 0 Å². The van der Waals surface area contributed by atoms with Gasteiger partial charge in [0.05, 0.1) is 0 Å². The van der Waals surface area contributed by atoms with Crippen LogP contribution in [-0.4, -0.2) is 9.97 Å². The number of fused-ring (bicyclic) bond motifs is 3. The number of anilines is 2. The Morgan fingerprint density at radius 3 is 2.18 bits per heavy atom. The molecule has 5 rings (SSSR count). The highest BCUT2D eigenvalue weighted by molar-refractivity contribution is 6.30. The van der Waals surface area contributed by atoms with E-state index in [0.717, 1.165) is 27.7 Å². The van der Waals surface area contributed by atoms with Crippen molar-refractivity contribution in [1.82, 2.24) is 9.97 Å². The summed E-state index contributed by atoms with van der Waals surface area (Å²) < 4.78 is 6.05. The van der Waals surface area contributed by atoms with Gasteiger partial charge in [-0.05, 0) is 60.7 Å². The number of nitrogens with one attached hydrogen (secondary N) is 1. The number of halogens is 2. The molecule has 0 aliphatic carbocycles. The van der Waals surface area contributed by atoms with Crippen LogP contribution >= 0.6 is 23.2 Å². The molecule has 3 aromatic carbocycles. The largest absolute Gasteiger partial charge is 0.450 e. The fraction of sp³-hybridized carbons (Fsp3) is 0. The number of nitrogens with zero attached hydrogens (tertiary/aromatic N) is 2. The van der Waals surface area contributed by atoms with E-state index in [-0.39, 0.29) is 0 Å². The minimum atomic E-state index is 0.590. The van der Waals surface area contributed by atoms with Gasteiger partial charge in [-0.1, -0.05) is 35.3 Å². The molecule has 0 unspecified atom stereocenters. The van der Waals surface area contributed by atoms with Crippen LogP contribution in [0, 0.1) is 0 Å². The number of hydrogen-bond acceptors (Lipinski definition) is 4. The zero-order valence-electron chi connectivity index (χ0n) is 14.5. The molecule has 0 saturated carbocycles. The molecule has 0 saturated heterocycles. The number of furan rings is 1. The van der Waals surface area contributed by atoms with E-state index in [4.69, 9.17) is 37.6 Å². The fourth-order valence-corrected chi connectivity index (χ4v) is 3.33. The van der Waals surface area contributed by atoms with Gasteiger partial charge in [0.15, 0.2) is 17.2 Å². The van der Waals surface area contributed by atoms with Crippen molar-refractivity contribution in [3.05, 3.63) is 82.8 Å². The third-order valence-corrected chi connectivity index (χ3v) is 4.93. The van der Waals surface area contributed by atoms with E-state index in [1.54, 1.807) is 0 Å². The zero-order valence-corrected chi connectivity index (χ0v) is 16.0. The topological polar surface area (TPSA) is 51.0 Å². The predicted molar refractivity (Wildman–Crippen MR) is 114 cm³/mol. The molecular weight excluding hydrogens is 393 g/mol. The summed E-state index contributed by atoms with van der Waals surface area (Å²) in [6.07, 6.45) is 0. The molecule has 28 heavy (non-hydrogen) atoms. The molecule has 0 fully saturated rings. The van der Waals surface area contributed by atoms with Crippen LogP contribution < -0.4 is 5.32 Å². The van der Waals surface area contributed by atoms with Gasteiger partial charge in [-0.15, -0.1) is 0 Å². The van der Waals surface area contributed by atoms with Gasteiger partial charge in [0.25, 0.3) is 0 Å².